The zero-order chi connectivity index (χ0) is 15.6. The molecule has 0 aliphatic heterocycles. The Morgan fingerprint density at radius 1 is 1.19 bits per heavy atom. The summed E-state index contributed by atoms with van der Waals surface area (Å²) in [4.78, 5) is 22.0. The number of benzene rings is 2. The van der Waals surface area contributed by atoms with Crippen LogP contribution in [0.15, 0.2) is 36.4 Å². The van der Waals surface area contributed by atoms with E-state index in [1.54, 1.807) is 0 Å². The molecule has 2 rings (SSSR count). The number of carbonyl (C=O) groups excluding carboxylic acids is 1. The lowest BCUT2D eigenvalue weighted by atomic mass is 10.2. The van der Waals surface area contributed by atoms with Crippen LogP contribution in [-0.2, 0) is 0 Å². The molecule has 2 aromatic rings. The van der Waals surface area contributed by atoms with Crippen molar-refractivity contribution in [1.82, 2.24) is 0 Å². The van der Waals surface area contributed by atoms with Gasteiger partial charge in [0.1, 0.15) is 5.82 Å². The molecular weight excluding hydrogens is 322 g/mol. The van der Waals surface area contributed by atoms with E-state index in [4.69, 9.17) is 23.2 Å². The maximum Gasteiger partial charge on any atom is 0.271 e. The van der Waals surface area contributed by atoms with Crippen LogP contribution in [0.1, 0.15) is 10.4 Å². The van der Waals surface area contributed by atoms with Gasteiger partial charge < -0.3 is 5.32 Å². The summed E-state index contributed by atoms with van der Waals surface area (Å²) < 4.78 is 13.6. The van der Waals surface area contributed by atoms with Gasteiger partial charge in [-0.15, -0.1) is 0 Å². The van der Waals surface area contributed by atoms with Gasteiger partial charge in [-0.3, -0.25) is 14.9 Å². The minimum absolute atomic E-state index is 0.0370. The summed E-state index contributed by atoms with van der Waals surface area (Å²) >= 11 is 11.6. The summed E-state index contributed by atoms with van der Waals surface area (Å²) in [6.45, 7) is 0. The highest BCUT2D eigenvalue weighted by Crippen LogP contribution is 2.28. The number of rotatable bonds is 3. The van der Waals surface area contributed by atoms with Crippen molar-refractivity contribution in [2.24, 2.45) is 0 Å². The van der Waals surface area contributed by atoms with Gasteiger partial charge in [-0.25, -0.2) is 4.39 Å². The van der Waals surface area contributed by atoms with Gasteiger partial charge in [0.15, 0.2) is 0 Å². The third kappa shape index (κ3) is 3.29. The minimum Gasteiger partial charge on any atom is -0.320 e. The second-order valence-corrected chi connectivity index (χ2v) is 4.79. The molecule has 2 aromatic carbocycles. The summed E-state index contributed by atoms with van der Waals surface area (Å²) in [7, 11) is 0. The SMILES string of the molecule is O=C(Nc1ccc([N+](=O)[O-])cc1Cl)c1c(F)cccc1Cl. The van der Waals surface area contributed by atoms with Crippen molar-refractivity contribution < 1.29 is 14.1 Å². The van der Waals surface area contributed by atoms with Crippen molar-refractivity contribution in [3.05, 3.63) is 67.9 Å². The van der Waals surface area contributed by atoms with Crippen molar-refractivity contribution in [2.45, 2.75) is 0 Å². The molecule has 0 bridgehead atoms. The number of anilines is 1. The van der Waals surface area contributed by atoms with Gasteiger partial charge in [-0.05, 0) is 18.2 Å². The van der Waals surface area contributed by atoms with Gasteiger partial charge in [-0.1, -0.05) is 29.3 Å². The molecule has 0 saturated carbocycles. The van der Waals surface area contributed by atoms with Crippen LogP contribution < -0.4 is 5.32 Å². The van der Waals surface area contributed by atoms with Crippen molar-refractivity contribution >= 4 is 40.5 Å². The first-order valence-corrected chi connectivity index (χ1v) is 6.35. The number of carbonyl (C=O) groups is 1. The number of non-ortho nitro benzene ring substituents is 1. The van der Waals surface area contributed by atoms with Crippen LogP contribution in [0.2, 0.25) is 10.0 Å². The lowest BCUT2D eigenvalue weighted by Gasteiger charge is -2.09. The Morgan fingerprint density at radius 3 is 2.48 bits per heavy atom. The first-order chi connectivity index (χ1) is 9.90. The standard InChI is InChI=1S/C13H7Cl2FN2O3/c14-8-2-1-3-10(16)12(8)13(19)17-11-5-4-7(18(20)21)6-9(11)15/h1-6H,(H,17,19). The van der Waals surface area contributed by atoms with Crippen LogP contribution in [0.4, 0.5) is 15.8 Å². The predicted octanol–water partition coefficient (Wildman–Crippen LogP) is 4.29. The molecule has 5 nitrogen and oxygen atoms in total. The molecule has 1 N–H and O–H groups in total. The molecule has 0 fully saturated rings. The fourth-order valence-corrected chi connectivity index (χ4v) is 2.09. The van der Waals surface area contributed by atoms with Crippen LogP contribution in [0.25, 0.3) is 0 Å². The average molecular weight is 329 g/mol. The maximum atomic E-state index is 13.6. The number of hydrogen-bond donors (Lipinski definition) is 1. The largest absolute Gasteiger partial charge is 0.320 e. The van der Waals surface area contributed by atoms with Crippen molar-refractivity contribution in [3.8, 4) is 0 Å². The second-order valence-electron chi connectivity index (χ2n) is 3.97. The highest BCUT2D eigenvalue weighted by atomic mass is 35.5. The Balaban J connectivity index is 2.30. The number of nitrogens with zero attached hydrogens (tertiary/aromatic N) is 1. The van der Waals surface area contributed by atoms with Gasteiger partial charge >= 0.3 is 0 Å². The Morgan fingerprint density at radius 2 is 1.90 bits per heavy atom. The van der Waals surface area contributed by atoms with Crippen molar-refractivity contribution in [1.29, 1.82) is 0 Å². The molecule has 0 spiro atoms. The third-order valence-electron chi connectivity index (χ3n) is 2.60. The summed E-state index contributed by atoms with van der Waals surface area (Å²) in [5, 5.41) is 12.9. The molecule has 108 valence electrons. The Labute approximate surface area is 128 Å². The second kappa shape index (κ2) is 6.07. The lowest BCUT2D eigenvalue weighted by Crippen LogP contribution is -2.14. The summed E-state index contributed by atoms with van der Waals surface area (Å²) in [6, 6.07) is 7.35. The summed E-state index contributed by atoms with van der Waals surface area (Å²) in [5.74, 6) is -1.58. The molecule has 0 atom stereocenters. The monoisotopic (exact) mass is 328 g/mol. The van der Waals surface area contributed by atoms with Crippen LogP contribution in [-0.4, -0.2) is 10.8 Å². The van der Waals surface area contributed by atoms with Gasteiger partial charge in [0.25, 0.3) is 11.6 Å². The molecule has 8 heteroatoms. The van der Waals surface area contributed by atoms with Crippen LogP contribution in [0, 0.1) is 15.9 Å². The van der Waals surface area contributed by atoms with Gasteiger partial charge in [-0.2, -0.15) is 0 Å². The van der Waals surface area contributed by atoms with E-state index in [9.17, 15) is 19.3 Å². The van der Waals surface area contributed by atoms with E-state index in [2.05, 4.69) is 5.32 Å². The Hall–Kier alpha value is -2.18. The molecule has 0 radical (unpaired) electrons. The number of nitro benzene ring substituents is 1. The van der Waals surface area contributed by atoms with Crippen LogP contribution >= 0.6 is 23.2 Å². The number of halogens is 3. The van der Waals surface area contributed by atoms with E-state index in [0.717, 1.165) is 12.1 Å². The molecule has 0 aromatic heterocycles. The molecule has 0 unspecified atom stereocenters. The molecular formula is C13H7Cl2FN2O3. The normalized spacial score (nSPS) is 10.2. The molecule has 0 aliphatic rings. The summed E-state index contributed by atoms with van der Waals surface area (Å²) in [5.41, 5.74) is -0.429. The Bertz CT molecular complexity index is 717. The number of nitro groups is 1. The van der Waals surface area contributed by atoms with Crippen molar-refractivity contribution in [3.63, 3.8) is 0 Å². The van der Waals surface area contributed by atoms with E-state index < -0.39 is 16.6 Å². The van der Waals surface area contributed by atoms with E-state index in [0.29, 0.717) is 0 Å². The quantitative estimate of drug-likeness (QED) is 0.674. The maximum absolute atomic E-state index is 13.6. The predicted molar refractivity (Wildman–Crippen MR) is 77.5 cm³/mol. The van der Waals surface area contributed by atoms with Gasteiger partial charge in [0, 0.05) is 12.1 Å². The first-order valence-electron chi connectivity index (χ1n) is 5.59. The van der Waals surface area contributed by atoms with E-state index >= 15 is 0 Å². The zero-order valence-corrected chi connectivity index (χ0v) is 11.8. The lowest BCUT2D eigenvalue weighted by molar-refractivity contribution is -0.384. The third-order valence-corrected chi connectivity index (χ3v) is 3.23. The van der Waals surface area contributed by atoms with E-state index in [1.165, 1.54) is 24.3 Å². The fraction of sp³-hybridized carbons (Fsp3) is 0. The van der Waals surface area contributed by atoms with E-state index in [1.807, 2.05) is 0 Å². The highest BCUT2D eigenvalue weighted by Gasteiger charge is 2.18. The zero-order valence-electron chi connectivity index (χ0n) is 10.3. The molecule has 0 aliphatic carbocycles. The Kier molecular flexibility index (Phi) is 4.40. The first kappa shape index (κ1) is 15.2. The molecule has 1 amide bonds. The minimum atomic E-state index is -0.797. The smallest absolute Gasteiger partial charge is 0.271 e. The summed E-state index contributed by atoms with van der Waals surface area (Å²) in [6.07, 6.45) is 0. The van der Waals surface area contributed by atoms with Gasteiger partial charge in [0.2, 0.25) is 0 Å². The topological polar surface area (TPSA) is 72.2 Å². The fourth-order valence-electron chi connectivity index (χ4n) is 1.62. The van der Waals surface area contributed by atoms with Crippen LogP contribution in [0.5, 0.6) is 0 Å². The number of nitrogens with one attached hydrogen (secondary N) is 1. The average Bonchev–Trinajstić information content (AvgIpc) is 2.40. The highest BCUT2D eigenvalue weighted by molar-refractivity contribution is 6.36. The molecule has 0 saturated heterocycles. The van der Waals surface area contributed by atoms with E-state index in [-0.39, 0.29) is 27.0 Å². The van der Waals surface area contributed by atoms with Gasteiger partial charge in [0.05, 0.1) is 26.2 Å². The molecule has 0 heterocycles. The van der Waals surface area contributed by atoms with Crippen LogP contribution in [0.3, 0.4) is 0 Å². The van der Waals surface area contributed by atoms with Crippen molar-refractivity contribution in [2.75, 3.05) is 5.32 Å². The molecule has 21 heavy (non-hydrogen) atoms. The number of hydrogen-bond acceptors (Lipinski definition) is 3. The number of amides is 1.